The third-order valence-electron chi connectivity index (χ3n) is 3.26. The van der Waals surface area contributed by atoms with Crippen molar-refractivity contribution in [3.63, 3.8) is 0 Å². The maximum Gasteiger partial charge on any atom is 0.168 e. The summed E-state index contributed by atoms with van der Waals surface area (Å²) in [5, 5.41) is 0. The van der Waals surface area contributed by atoms with E-state index in [-0.39, 0.29) is 17.3 Å². The number of ketones is 1. The van der Waals surface area contributed by atoms with E-state index >= 15 is 0 Å². The second-order valence-corrected chi connectivity index (χ2v) is 4.57. The molecule has 1 atom stereocenters. The Kier molecular flexibility index (Phi) is 2.78. The molecule has 1 aromatic rings. The second kappa shape index (κ2) is 3.96. The van der Waals surface area contributed by atoms with Crippen LogP contribution >= 0.6 is 0 Å². The summed E-state index contributed by atoms with van der Waals surface area (Å²) in [6.07, 6.45) is 2.07. The van der Waals surface area contributed by atoms with E-state index in [0.29, 0.717) is 11.5 Å². The van der Waals surface area contributed by atoms with Crippen molar-refractivity contribution < 1.29 is 13.6 Å². The fourth-order valence-electron chi connectivity index (χ4n) is 1.90. The molecule has 16 heavy (non-hydrogen) atoms. The molecule has 1 aliphatic carbocycles. The Labute approximate surface area is 93.5 Å². The van der Waals surface area contributed by atoms with Gasteiger partial charge in [0.1, 0.15) is 11.6 Å². The SMILES string of the molecule is Cc1cc(C(=O)C(C)C2CC2)c(F)cc1F. The quantitative estimate of drug-likeness (QED) is 0.718. The maximum absolute atomic E-state index is 13.5. The molecule has 0 N–H and O–H groups in total. The highest BCUT2D eigenvalue weighted by Gasteiger charge is 2.34. The molecule has 1 saturated carbocycles. The first-order valence-corrected chi connectivity index (χ1v) is 5.50. The Bertz CT molecular complexity index is 436. The molecule has 0 radical (unpaired) electrons. The average Bonchev–Trinajstić information content (AvgIpc) is 3.05. The van der Waals surface area contributed by atoms with Gasteiger partial charge in [0.25, 0.3) is 0 Å². The summed E-state index contributed by atoms with van der Waals surface area (Å²) in [5.74, 6) is -1.33. The molecule has 86 valence electrons. The van der Waals surface area contributed by atoms with Crippen LogP contribution in [0, 0.1) is 30.4 Å². The van der Waals surface area contributed by atoms with Crippen molar-refractivity contribution in [2.75, 3.05) is 0 Å². The van der Waals surface area contributed by atoms with E-state index in [1.54, 1.807) is 0 Å². The average molecular weight is 224 g/mol. The van der Waals surface area contributed by atoms with Crippen molar-refractivity contribution in [3.8, 4) is 0 Å². The van der Waals surface area contributed by atoms with E-state index in [1.807, 2.05) is 6.92 Å². The zero-order chi connectivity index (χ0) is 11.9. The lowest BCUT2D eigenvalue weighted by atomic mass is 9.94. The smallest absolute Gasteiger partial charge is 0.168 e. The predicted molar refractivity (Wildman–Crippen MR) is 57.3 cm³/mol. The zero-order valence-corrected chi connectivity index (χ0v) is 9.39. The van der Waals surface area contributed by atoms with Crippen LogP contribution in [0.15, 0.2) is 12.1 Å². The van der Waals surface area contributed by atoms with Gasteiger partial charge >= 0.3 is 0 Å². The van der Waals surface area contributed by atoms with Crippen LogP contribution < -0.4 is 0 Å². The van der Waals surface area contributed by atoms with Gasteiger partial charge in [0.05, 0.1) is 5.56 Å². The first-order valence-electron chi connectivity index (χ1n) is 5.50. The van der Waals surface area contributed by atoms with Crippen molar-refractivity contribution in [2.45, 2.75) is 26.7 Å². The van der Waals surface area contributed by atoms with Gasteiger partial charge in [0, 0.05) is 12.0 Å². The van der Waals surface area contributed by atoms with Gasteiger partial charge < -0.3 is 0 Å². The summed E-state index contributed by atoms with van der Waals surface area (Å²) in [6, 6.07) is 2.11. The minimum Gasteiger partial charge on any atom is -0.294 e. The van der Waals surface area contributed by atoms with Crippen molar-refractivity contribution in [3.05, 3.63) is 34.9 Å². The monoisotopic (exact) mass is 224 g/mol. The topological polar surface area (TPSA) is 17.1 Å². The number of carbonyl (C=O) groups excluding carboxylic acids is 1. The van der Waals surface area contributed by atoms with Gasteiger partial charge in [0.15, 0.2) is 5.78 Å². The first-order chi connectivity index (χ1) is 7.50. The van der Waals surface area contributed by atoms with Crippen LogP contribution in [0.3, 0.4) is 0 Å². The van der Waals surface area contributed by atoms with Crippen LogP contribution in [-0.2, 0) is 0 Å². The molecule has 2 rings (SSSR count). The molecule has 1 aromatic carbocycles. The number of halogens is 2. The molecule has 0 aliphatic heterocycles. The summed E-state index contributed by atoms with van der Waals surface area (Å²) in [4.78, 5) is 11.9. The van der Waals surface area contributed by atoms with Crippen molar-refractivity contribution in [1.29, 1.82) is 0 Å². The summed E-state index contributed by atoms with van der Waals surface area (Å²) < 4.78 is 26.5. The van der Waals surface area contributed by atoms with Crippen LogP contribution in [-0.4, -0.2) is 5.78 Å². The molecule has 0 saturated heterocycles. The number of benzene rings is 1. The Morgan fingerprint density at radius 1 is 1.31 bits per heavy atom. The predicted octanol–water partition coefficient (Wildman–Crippen LogP) is 3.50. The molecule has 1 aliphatic rings. The highest BCUT2D eigenvalue weighted by Crippen LogP contribution is 2.38. The molecule has 0 heterocycles. The van der Waals surface area contributed by atoms with E-state index in [9.17, 15) is 13.6 Å². The number of aryl methyl sites for hydroxylation is 1. The van der Waals surface area contributed by atoms with E-state index < -0.39 is 11.6 Å². The van der Waals surface area contributed by atoms with E-state index in [1.165, 1.54) is 13.0 Å². The summed E-state index contributed by atoms with van der Waals surface area (Å²) in [7, 11) is 0. The highest BCUT2D eigenvalue weighted by molar-refractivity contribution is 5.98. The Balaban J connectivity index is 2.32. The lowest BCUT2D eigenvalue weighted by Gasteiger charge is -2.10. The minimum absolute atomic E-state index is 0.0262. The van der Waals surface area contributed by atoms with Gasteiger partial charge in [-0.15, -0.1) is 0 Å². The van der Waals surface area contributed by atoms with Gasteiger partial charge in [-0.25, -0.2) is 8.78 Å². The van der Waals surface area contributed by atoms with Crippen molar-refractivity contribution >= 4 is 5.78 Å². The fraction of sp³-hybridized carbons (Fsp3) is 0.462. The molecular weight excluding hydrogens is 210 g/mol. The molecule has 0 amide bonds. The largest absolute Gasteiger partial charge is 0.294 e. The third-order valence-corrected chi connectivity index (χ3v) is 3.26. The van der Waals surface area contributed by atoms with E-state index in [0.717, 1.165) is 18.9 Å². The second-order valence-electron chi connectivity index (χ2n) is 4.57. The van der Waals surface area contributed by atoms with Crippen LogP contribution in [0.2, 0.25) is 0 Å². The molecule has 0 aromatic heterocycles. The molecule has 3 heteroatoms. The summed E-state index contributed by atoms with van der Waals surface area (Å²) >= 11 is 0. The molecule has 0 spiro atoms. The standard InChI is InChI=1S/C13H14F2O/c1-7-5-10(12(15)6-11(7)14)13(16)8(2)9-3-4-9/h5-6,8-9H,3-4H2,1-2H3. The Hall–Kier alpha value is -1.25. The van der Waals surface area contributed by atoms with Crippen LogP contribution in [0.4, 0.5) is 8.78 Å². The third kappa shape index (κ3) is 1.99. The van der Waals surface area contributed by atoms with E-state index in [2.05, 4.69) is 0 Å². The minimum atomic E-state index is -0.749. The zero-order valence-electron chi connectivity index (χ0n) is 9.39. The van der Waals surface area contributed by atoms with E-state index in [4.69, 9.17) is 0 Å². The lowest BCUT2D eigenvalue weighted by molar-refractivity contribution is 0.0912. The molecule has 1 unspecified atom stereocenters. The molecule has 1 fully saturated rings. The van der Waals surface area contributed by atoms with Gasteiger partial charge in [-0.1, -0.05) is 6.92 Å². The summed E-state index contributed by atoms with van der Waals surface area (Å²) in [6.45, 7) is 3.35. The first kappa shape index (κ1) is 11.2. The number of carbonyl (C=O) groups is 1. The van der Waals surface area contributed by atoms with Crippen LogP contribution in [0.25, 0.3) is 0 Å². The van der Waals surface area contributed by atoms with Gasteiger partial charge in [-0.3, -0.25) is 4.79 Å². The van der Waals surface area contributed by atoms with Crippen LogP contribution in [0.1, 0.15) is 35.7 Å². The van der Waals surface area contributed by atoms with Crippen molar-refractivity contribution in [2.24, 2.45) is 11.8 Å². The normalized spacial score (nSPS) is 17.2. The fourth-order valence-corrected chi connectivity index (χ4v) is 1.90. The number of hydrogen-bond donors (Lipinski definition) is 0. The Morgan fingerprint density at radius 3 is 2.50 bits per heavy atom. The van der Waals surface area contributed by atoms with Crippen molar-refractivity contribution in [1.82, 2.24) is 0 Å². The number of rotatable bonds is 3. The van der Waals surface area contributed by atoms with Gasteiger partial charge in [0.2, 0.25) is 0 Å². The molecule has 1 nitrogen and oxygen atoms in total. The van der Waals surface area contributed by atoms with Gasteiger partial charge in [-0.05, 0) is 37.3 Å². The molecule has 0 bridgehead atoms. The molecular formula is C13H14F2O. The maximum atomic E-state index is 13.5. The number of hydrogen-bond acceptors (Lipinski definition) is 1. The Morgan fingerprint density at radius 2 is 1.94 bits per heavy atom. The van der Waals surface area contributed by atoms with Gasteiger partial charge in [-0.2, -0.15) is 0 Å². The summed E-state index contributed by atoms with van der Waals surface area (Å²) in [5.41, 5.74) is 0.339. The van der Waals surface area contributed by atoms with Crippen LogP contribution in [0.5, 0.6) is 0 Å². The highest BCUT2D eigenvalue weighted by atomic mass is 19.1. The number of Topliss-reactive ketones (excluding diaryl/α,β-unsaturated/α-hetero) is 1. The lowest BCUT2D eigenvalue weighted by Crippen LogP contribution is -2.15.